The van der Waals surface area contributed by atoms with Gasteiger partial charge in [0.25, 0.3) is 0 Å². The van der Waals surface area contributed by atoms with E-state index in [0.29, 0.717) is 11.3 Å². The fourth-order valence-corrected chi connectivity index (χ4v) is 7.53. The normalized spacial score (nSPS) is 18.8. The number of esters is 2. The molecule has 3 atom stereocenters. The maximum Gasteiger partial charge on any atom is 0.333 e. The van der Waals surface area contributed by atoms with E-state index in [9.17, 15) is 14.4 Å². The summed E-state index contributed by atoms with van der Waals surface area (Å²) in [5, 5.41) is 2.52. The summed E-state index contributed by atoms with van der Waals surface area (Å²) in [6.07, 6.45) is 1.27. The Bertz CT molecular complexity index is 1180. The van der Waals surface area contributed by atoms with Gasteiger partial charge in [-0.1, -0.05) is 64.3 Å². The van der Waals surface area contributed by atoms with Crippen LogP contribution in [0, 0.1) is 0 Å². The number of nitrogens with one attached hydrogen (secondary N) is 1. The first kappa shape index (κ1) is 29.9. The molecule has 1 amide bonds. The number of alkyl halides is 3. The molecule has 3 rings (SSSR count). The van der Waals surface area contributed by atoms with Crippen molar-refractivity contribution in [3.8, 4) is 0 Å². The molecule has 14 heteroatoms. The lowest BCUT2D eigenvalue weighted by atomic mass is 9.99. The second-order valence-corrected chi connectivity index (χ2v) is 14.0. The SMILES string of the molecule is C=C(C)C(C(=O)OCC(Cl)(Cl)Cl)N1C(=O)C(N/C(C)=C/C(=O)OCC)C1SSc1nc2ccccc2s1. The highest BCUT2D eigenvalue weighted by atomic mass is 35.6. The minimum atomic E-state index is -1.80. The van der Waals surface area contributed by atoms with Crippen LogP contribution < -0.4 is 5.32 Å². The number of amides is 1. The van der Waals surface area contributed by atoms with Crippen molar-refractivity contribution in [1.82, 2.24) is 15.2 Å². The number of likely N-dealkylation sites (tertiary alicyclic amines) is 1. The molecule has 0 saturated carbocycles. The standard InChI is InChI=1S/C23H24Cl3N3O5S3/c1-5-33-16(30)10-13(4)27-17-19(31)29(18(12(2)3)21(32)34-11-23(24,25)26)20(17)36-37-22-28-14-8-6-7-9-15(14)35-22/h6-10,17-18,20,27H,2,5,11H2,1,3-4H3/b13-10+. The Hall–Kier alpha value is -1.63. The lowest BCUT2D eigenvalue weighted by Gasteiger charge is -2.49. The van der Waals surface area contributed by atoms with E-state index in [1.165, 1.54) is 43.9 Å². The van der Waals surface area contributed by atoms with E-state index < -0.39 is 39.8 Å². The van der Waals surface area contributed by atoms with Crippen molar-refractivity contribution < 1.29 is 23.9 Å². The van der Waals surface area contributed by atoms with Crippen molar-refractivity contribution in [3.63, 3.8) is 0 Å². The van der Waals surface area contributed by atoms with Gasteiger partial charge in [0.05, 0.1) is 16.8 Å². The maximum atomic E-state index is 13.3. The van der Waals surface area contributed by atoms with Crippen LogP contribution in [0.5, 0.6) is 0 Å². The molecule has 0 bridgehead atoms. The summed E-state index contributed by atoms with van der Waals surface area (Å²) in [6, 6.07) is 5.92. The molecule has 1 aromatic carbocycles. The molecule has 2 heterocycles. The Kier molecular flexibility index (Phi) is 10.5. The Balaban J connectivity index is 1.83. The summed E-state index contributed by atoms with van der Waals surface area (Å²) >= 11 is 18.7. The van der Waals surface area contributed by atoms with Crippen LogP contribution in [0.3, 0.4) is 0 Å². The lowest BCUT2D eigenvalue weighted by Crippen LogP contribution is -2.72. The minimum absolute atomic E-state index is 0.229. The number of aromatic nitrogens is 1. The van der Waals surface area contributed by atoms with Gasteiger partial charge in [0.15, 0.2) is 10.4 Å². The summed E-state index contributed by atoms with van der Waals surface area (Å²) in [6.45, 7) is 8.59. The first-order valence-electron chi connectivity index (χ1n) is 10.9. The fraction of sp³-hybridized carbons (Fsp3) is 0.391. The highest BCUT2D eigenvalue weighted by molar-refractivity contribution is 8.77. The van der Waals surface area contributed by atoms with Crippen LogP contribution in [0.1, 0.15) is 20.8 Å². The Morgan fingerprint density at radius 3 is 2.62 bits per heavy atom. The number of halogens is 3. The molecular formula is C23H24Cl3N3O5S3. The number of β-lactam (4-membered cyclic amide) rings is 1. The quantitative estimate of drug-likeness (QED) is 0.0869. The van der Waals surface area contributed by atoms with Crippen LogP contribution >= 0.6 is 67.7 Å². The van der Waals surface area contributed by atoms with E-state index in [1.54, 1.807) is 20.8 Å². The Morgan fingerprint density at radius 1 is 1.30 bits per heavy atom. The number of para-hydroxylation sites is 1. The highest BCUT2D eigenvalue weighted by Crippen LogP contribution is 2.45. The van der Waals surface area contributed by atoms with Gasteiger partial charge in [0.2, 0.25) is 9.70 Å². The third-order valence-electron chi connectivity index (χ3n) is 4.92. The molecule has 1 aliphatic rings. The van der Waals surface area contributed by atoms with Crippen molar-refractivity contribution in [2.24, 2.45) is 0 Å². The molecule has 3 unspecified atom stereocenters. The third-order valence-corrected chi connectivity index (χ3v) is 9.28. The number of thiazole rings is 1. The number of rotatable bonds is 11. The van der Waals surface area contributed by atoms with Gasteiger partial charge >= 0.3 is 11.9 Å². The first-order valence-corrected chi connectivity index (χ1v) is 15.1. The maximum absolute atomic E-state index is 13.3. The van der Waals surface area contributed by atoms with Crippen LogP contribution in [0.25, 0.3) is 10.2 Å². The number of carbonyl (C=O) groups is 3. The van der Waals surface area contributed by atoms with Gasteiger partial charge in [0, 0.05) is 11.8 Å². The van der Waals surface area contributed by atoms with Gasteiger partial charge in [-0.05, 0) is 49.3 Å². The largest absolute Gasteiger partial charge is 0.463 e. The predicted molar refractivity (Wildman–Crippen MR) is 151 cm³/mol. The summed E-state index contributed by atoms with van der Waals surface area (Å²) in [5.41, 5.74) is 1.70. The number of nitrogens with zero attached hydrogens (tertiary/aromatic N) is 2. The van der Waals surface area contributed by atoms with E-state index in [-0.39, 0.29) is 12.5 Å². The van der Waals surface area contributed by atoms with Gasteiger partial charge in [-0.3, -0.25) is 4.79 Å². The zero-order chi connectivity index (χ0) is 27.3. The number of hydrogen-bond acceptors (Lipinski definition) is 10. The molecule has 200 valence electrons. The third kappa shape index (κ3) is 7.93. The first-order chi connectivity index (χ1) is 17.4. The number of allylic oxidation sites excluding steroid dienone is 1. The minimum Gasteiger partial charge on any atom is -0.463 e. The molecule has 0 aliphatic carbocycles. The predicted octanol–water partition coefficient (Wildman–Crippen LogP) is 5.49. The van der Waals surface area contributed by atoms with E-state index in [0.717, 1.165) is 14.6 Å². The van der Waals surface area contributed by atoms with E-state index in [2.05, 4.69) is 16.9 Å². The molecule has 0 spiro atoms. The second kappa shape index (κ2) is 12.9. The lowest BCUT2D eigenvalue weighted by molar-refractivity contribution is -0.161. The van der Waals surface area contributed by atoms with Gasteiger partial charge in [-0.25, -0.2) is 14.6 Å². The van der Waals surface area contributed by atoms with Crippen LogP contribution in [-0.4, -0.2) is 62.2 Å². The van der Waals surface area contributed by atoms with Gasteiger partial charge in [0.1, 0.15) is 18.0 Å². The van der Waals surface area contributed by atoms with Gasteiger partial charge in [-0.2, -0.15) is 0 Å². The van der Waals surface area contributed by atoms with Gasteiger partial charge in [-0.15, -0.1) is 11.3 Å². The van der Waals surface area contributed by atoms with Crippen molar-refractivity contribution in [2.45, 2.75) is 46.4 Å². The summed E-state index contributed by atoms with van der Waals surface area (Å²) in [4.78, 5) is 44.0. The Labute approximate surface area is 241 Å². The van der Waals surface area contributed by atoms with Crippen molar-refractivity contribution in [3.05, 3.63) is 48.2 Å². The molecule has 1 fully saturated rings. The van der Waals surface area contributed by atoms with E-state index in [1.807, 2.05) is 24.3 Å². The zero-order valence-electron chi connectivity index (χ0n) is 20.0. The topological polar surface area (TPSA) is 97.8 Å². The monoisotopic (exact) mass is 623 g/mol. The average Bonchev–Trinajstić information content (AvgIpc) is 3.23. The van der Waals surface area contributed by atoms with E-state index >= 15 is 0 Å². The molecule has 0 radical (unpaired) electrons. The average molecular weight is 625 g/mol. The van der Waals surface area contributed by atoms with Crippen molar-refractivity contribution in [2.75, 3.05) is 13.2 Å². The molecule has 37 heavy (non-hydrogen) atoms. The summed E-state index contributed by atoms with van der Waals surface area (Å²) in [7, 11) is 2.73. The number of benzene rings is 1. The smallest absolute Gasteiger partial charge is 0.333 e. The van der Waals surface area contributed by atoms with Gasteiger partial charge < -0.3 is 19.7 Å². The molecule has 1 N–H and O–H groups in total. The summed E-state index contributed by atoms with van der Waals surface area (Å²) in [5.74, 6) is -1.67. The number of hydrogen-bond donors (Lipinski definition) is 1. The molecule has 1 aromatic heterocycles. The van der Waals surface area contributed by atoms with Crippen LogP contribution in [0.15, 0.2) is 52.5 Å². The molecule has 1 saturated heterocycles. The van der Waals surface area contributed by atoms with E-state index in [4.69, 9.17) is 44.3 Å². The number of fused-ring (bicyclic) bond motifs is 1. The zero-order valence-corrected chi connectivity index (χ0v) is 24.8. The van der Waals surface area contributed by atoms with Crippen LogP contribution in [0.2, 0.25) is 0 Å². The summed E-state index contributed by atoms with van der Waals surface area (Å²) < 4.78 is 10.1. The molecule has 8 nitrogen and oxygen atoms in total. The molecular weight excluding hydrogens is 601 g/mol. The highest BCUT2D eigenvalue weighted by Gasteiger charge is 2.54. The number of ether oxygens (including phenoxy) is 2. The second-order valence-electron chi connectivity index (χ2n) is 7.94. The van der Waals surface area contributed by atoms with Crippen molar-refractivity contribution in [1.29, 1.82) is 0 Å². The molecule has 1 aliphatic heterocycles. The van der Waals surface area contributed by atoms with Crippen LogP contribution in [0.4, 0.5) is 0 Å². The number of carbonyl (C=O) groups excluding carboxylic acids is 3. The molecule has 2 aromatic rings. The Morgan fingerprint density at radius 2 is 2.00 bits per heavy atom. The van der Waals surface area contributed by atoms with Crippen LogP contribution in [-0.2, 0) is 23.9 Å². The fourth-order valence-electron chi connectivity index (χ4n) is 3.40. The van der Waals surface area contributed by atoms with Crippen molar-refractivity contribution >= 4 is 95.8 Å².